The number of phenols is 1. The smallest absolute Gasteiger partial charge is 0.306 e. The van der Waals surface area contributed by atoms with Crippen molar-refractivity contribution in [3.63, 3.8) is 0 Å². The van der Waals surface area contributed by atoms with Gasteiger partial charge in [0.1, 0.15) is 12.4 Å². The third-order valence-electron chi connectivity index (χ3n) is 5.28. The highest BCUT2D eigenvalue weighted by Gasteiger charge is 2.26. The van der Waals surface area contributed by atoms with Crippen LogP contribution in [0.5, 0.6) is 5.75 Å². The molecule has 0 spiro atoms. The van der Waals surface area contributed by atoms with E-state index in [9.17, 15) is 14.7 Å². The zero-order valence-electron chi connectivity index (χ0n) is 18.2. The molecule has 0 aliphatic rings. The van der Waals surface area contributed by atoms with Crippen LogP contribution in [0.3, 0.4) is 0 Å². The van der Waals surface area contributed by atoms with E-state index in [0.717, 1.165) is 23.1 Å². The van der Waals surface area contributed by atoms with Crippen molar-refractivity contribution in [1.29, 1.82) is 0 Å². The minimum absolute atomic E-state index is 0.0134. The number of aromatic nitrogens is 1. The lowest BCUT2D eigenvalue weighted by Gasteiger charge is -2.24. The summed E-state index contributed by atoms with van der Waals surface area (Å²) >= 11 is 0. The van der Waals surface area contributed by atoms with E-state index in [4.69, 9.17) is 4.74 Å². The highest BCUT2D eigenvalue weighted by atomic mass is 16.5. The Morgan fingerprint density at radius 3 is 2.31 bits per heavy atom. The minimum atomic E-state index is -0.551. The van der Waals surface area contributed by atoms with E-state index in [0.29, 0.717) is 13.0 Å². The number of likely N-dealkylation sites (N-methyl/N-ethyl adjacent to an activating group) is 1. The molecule has 166 valence electrons. The number of pyridine rings is 1. The van der Waals surface area contributed by atoms with Gasteiger partial charge in [-0.3, -0.25) is 14.6 Å². The lowest BCUT2D eigenvalue weighted by atomic mass is 9.94. The van der Waals surface area contributed by atoms with Crippen molar-refractivity contribution >= 4 is 11.9 Å². The zero-order valence-corrected chi connectivity index (χ0v) is 18.2. The van der Waals surface area contributed by atoms with Gasteiger partial charge in [0.15, 0.2) is 0 Å². The van der Waals surface area contributed by atoms with Crippen molar-refractivity contribution in [2.75, 3.05) is 13.6 Å². The first-order valence-electron chi connectivity index (χ1n) is 10.6. The molecule has 0 aliphatic heterocycles. The molecule has 0 radical (unpaired) electrons. The molecular weight excluding hydrogens is 404 g/mol. The summed E-state index contributed by atoms with van der Waals surface area (Å²) < 4.78 is 5.40. The largest absolute Gasteiger partial charge is 0.508 e. The number of hydrogen-bond acceptors (Lipinski definition) is 5. The van der Waals surface area contributed by atoms with Crippen molar-refractivity contribution in [2.24, 2.45) is 5.92 Å². The van der Waals surface area contributed by atoms with Crippen LogP contribution in [0.2, 0.25) is 0 Å². The second kappa shape index (κ2) is 11.6. The van der Waals surface area contributed by atoms with Gasteiger partial charge in [-0.15, -0.1) is 0 Å². The SMILES string of the molecule is CN(CCc1ccccc1)C(=O)[C@@H](CC(=O)OCc1ccncc1)Cc1ccc(O)cc1. The molecule has 1 N–H and O–H groups in total. The van der Waals surface area contributed by atoms with Crippen molar-refractivity contribution in [1.82, 2.24) is 9.88 Å². The Hall–Kier alpha value is -3.67. The first kappa shape index (κ1) is 23.0. The van der Waals surface area contributed by atoms with Crippen molar-refractivity contribution in [2.45, 2.75) is 25.9 Å². The number of ether oxygens (including phenoxy) is 1. The molecule has 0 unspecified atom stereocenters. The summed E-state index contributed by atoms with van der Waals surface area (Å²) in [6, 6.07) is 20.2. The van der Waals surface area contributed by atoms with Crippen LogP contribution in [-0.4, -0.2) is 40.5 Å². The number of nitrogens with zero attached hydrogens (tertiary/aromatic N) is 2. The monoisotopic (exact) mass is 432 g/mol. The van der Waals surface area contributed by atoms with E-state index in [1.807, 2.05) is 30.3 Å². The van der Waals surface area contributed by atoms with Crippen LogP contribution >= 0.6 is 0 Å². The Kier molecular flexibility index (Phi) is 8.37. The standard InChI is InChI=1S/C26H28N2O4/c1-28(16-13-20-5-3-2-4-6-20)26(31)23(17-21-7-9-24(29)10-8-21)18-25(30)32-19-22-11-14-27-15-12-22/h2-12,14-15,23,29H,13,16-19H2,1H3/t23-/m1/s1. The number of rotatable bonds is 10. The number of hydrogen-bond donors (Lipinski definition) is 1. The van der Waals surface area contributed by atoms with Gasteiger partial charge in [0.25, 0.3) is 0 Å². The summed E-state index contributed by atoms with van der Waals surface area (Å²) in [6.45, 7) is 0.701. The number of phenolic OH excluding ortho intramolecular Hbond substituents is 1. The highest BCUT2D eigenvalue weighted by molar-refractivity contribution is 5.84. The fourth-order valence-corrected chi connectivity index (χ4v) is 3.43. The molecule has 6 nitrogen and oxygen atoms in total. The van der Waals surface area contributed by atoms with Gasteiger partial charge in [0.2, 0.25) is 5.91 Å². The van der Waals surface area contributed by atoms with E-state index in [-0.39, 0.29) is 24.7 Å². The van der Waals surface area contributed by atoms with E-state index >= 15 is 0 Å². The maximum absolute atomic E-state index is 13.2. The first-order valence-corrected chi connectivity index (χ1v) is 10.6. The van der Waals surface area contributed by atoms with Gasteiger partial charge in [0, 0.05) is 26.0 Å². The Bertz CT molecular complexity index is 991. The molecule has 0 saturated heterocycles. The summed E-state index contributed by atoms with van der Waals surface area (Å²) in [5.74, 6) is -0.913. The average Bonchev–Trinajstić information content (AvgIpc) is 2.83. The summed E-state index contributed by atoms with van der Waals surface area (Å²) in [5.41, 5.74) is 2.87. The molecule has 1 aromatic heterocycles. The number of carbonyl (C=O) groups is 2. The van der Waals surface area contributed by atoms with Crippen molar-refractivity contribution in [3.05, 3.63) is 95.8 Å². The van der Waals surface area contributed by atoms with Crippen molar-refractivity contribution in [3.8, 4) is 5.75 Å². The van der Waals surface area contributed by atoms with Crippen LogP contribution in [-0.2, 0) is 33.8 Å². The van der Waals surface area contributed by atoms with Crippen LogP contribution in [0.1, 0.15) is 23.1 Å². The number of esters is 1. The normalized spacial score (nSPS) is 11.5. The number of carbonyl (C=O) groups excluding carboxylic acids is 2. The van der Waals surface area contributed by atoms with Crippen LogP contribution in [0.4, 0.5) is 0 Å². The molecule has 32 heavy (non-hydrogen) atoms. The Morgan fingerprint density at radius 1 is 0.938 bits per heavy atom. The highest BCUT2D eigenvalue weighted by Crippen LogP contribution is 2.19. The molecule has 0 fully saturated rings. The van der Waals surface area contributed by atoms with E-state index in [2.05, 4.69) is 4.98 Å². The third-order valence-corrected chi connectivity index (χ3v) is 5.28. The van der Waals surface area contributed by atoms with Gasteiger partial charge in [0.05, 0.1) is 12.3 Å². The van der Waals surface area contributed by atoms with Gasteiger partial charge in [-0.25, -0.2) is 0 Å². The molecule has 6 heteroatoms. The topological polar surface area (TPSA) is 79.7 Å². The van der Waals surface area contributed by atoms with E-state index in [1.54, 1.807) is 60.7 Å². The summed E-state index contributed by atoms with van der Waals surface area (Å²) in [4.78, 5) is 31.4. The van der Waals surface area contributed by atoms with Gasteiger partial charge < -0.3 is 14.7 Å². The Balaban J connectivity index is 1.63. The molecule has 0 aliphatic carbocycles. The molecule has 1 amide bonds. The molecule has 1 atom stereocenters. The fraction of sp³-hybridized carbons (Fsp3) is 0.269. The quantitative estimate of drug-likeness (QED) is 0.493. The van der Waals surface area contributed by atoms with Crippen LogP contribution in [0.15, 0.2) is 79.1 Å². The van der Waals surface area contributed by atoms with Crippen LogP contribution < -0.4 is 0 Å². The lowest BCUT2D eigenvalue weighted by molar-refractivity contribution is -0.149. The van der Waals surface area contributed by atoms with Gasteiger partial charge >= 0.3 is 5.97 Å². The molecule has 0 bridgehead atoms. The molecule has 3 aromatic rings. The first-order chi connectivity index (χ1) is 15.5. The second-order valence-corrected chi connectivity index (χ2v) is 7.78. The molecular formula is C26H28N2O4. The van der Waals surface area contributed by atoms with Gasteiger partial charge in [-0.1, -0.05) is 42.5 Å². The molecule has 3 rings (SSSR count). The maximum atomic E-state index is 13.2. The summed E-state index contributed by atoms with van der Waals surface area (Å²) in [5, 5.41) is 9.54. The number of benzene rings is 2. The fourth-order valence-electron chi connectivity index (χ4n) is 3.43. The Morgan fingerprint density at radius 2 is 1.62 bits per heavy atom. The molecule has 2 aromatic carbocycles. The predicted octanol–water partition coefficient (Wildman–Crippen LogP) is 3.78. The van der Waals surface area contributed by atoms with Crippen LogP contribution in [0, 0.1) is 5.92 Å². The maximum Gasteiger partial charge on any atom is 0.306 e. The van der Waals surface area contributed by atoms with Crippen molar-refractivity contribution < 1.29 is 19.4 Å². The molecule has 1 heterocycles. The van der Waals surface area contributed by atoms with Gasteiger partial charge in [-0.05, 0) is 53.8 Å². The lowest BCUT2D eigenvalue weighted by Crippen LogP contribution is -2.36. The third kappa shape index (κ3) is 7.23. The molecule has 0 saturated carbocycles. The minimum Gasteiger partial charge on any atom is -0.508 e. The number of amides is 1. The van der Waals surface area contributed by atoms with Gasteiger partial charge in [-0.2, -0.15) is 0 Å². The second-order valence-electron chi connectivity index (χ2n) is 7.78. The average molecular weight is 433 g/mol. The Labute approximate surface area is 188 Å². The summed E-state index contributed by atoms with van der Waals surface area (Å²) in [6.07, 6.45) is 4.39. The summed E-state index contributed by atoms with van der Waals surface area (Å²) in [7, 11) is 1.76. The van der Waals surface area contributed by atoms with E-state index < -0.39 is 11.9 Å². The number of aromatic hydroxyl groups is 1. The zero-order chi connectivity index (χ0) is 22.8. The van der Waals surface area contributed by atoms with Crippen LogP contribution in [0.25, 0.3) is 0 Å². The van der Waals surface area contributed by atoms with E-state index in [1.165, 1.54) is 0 Å². The predicted molar refractivity (Wildman–Crippen MR) is 122 cm³/mol.